The van der Waals surface area contributed by atoms with Crippen molar-refractivity contribution in [3.05, 3.63) is 53.1 Å². The summed E-state index contributed by atoms with van der Waals surface area (Å²) < 4.78 is 5.57. The molecule has 28 heavy (non-hydrogen) atoms. The molecule has 0 radical (unpaired) electrons. The van der Waals surface area contributed by atoms with Gasteiger partial charge in [-0.05, 0) is 67.9 Å². The van der Waals surface area contributed by atoms with Crippen LogP contribution in [0.25, 0.3) is 0 Å². The van der Waals surface area contributed by atoms with Gasteiger partial charge in [0.1, 0.15) is 5.75 Å². The first-order valence-electron chi connectivity index (χ1n) is 9.46. The second-order valence-electron chi connectivity index (χ2n) is 6.64. The van der Waals surface area contributed by atoms with E-state index in [1.807, 2.05) is 31.2 Å². The molecule has 2 N–H and O–H groups in total. The highest BCUT2D eigenvalue weighted by Gasteiger charge is 2.16. The second-order valence-corrected chi connectivity index (χ2v) is 7.46. The van der Waals surface area contributed by atoms with Crippen LogP contribution in [0.2, 0.25) is 5.02 Å². The van der Waals surface area contributed by atoms with Gasteiger partial charge in [-0.15, -0.1) is 0 Å². The lowest BCUT2D eigenvalue weighted by Gasteiger charge is -2.20. The topological polar surface area (TPSA) is 53.6 Å². The zero-order chi connectivity index (χ0) is 19.9. The van der Waals surface area contributed by atoms with Gasteiger partial charge in [0.2, 0.25) is 0 Å². The summed E-state index contributed by atoms with van der Waals surface area (Å²) >= 11 is 11.7. The molecule has 0 bridgehead atoms. The molecule has 7 heteroatoms. The van der Waals surface area contributed by atoms with Crippen molar-refractivity contribution in [2.24, 2.45) is 0 Å². The van der Waals surface area contributed by atoms with E-state index in [0.29, 0.717) is 22.9 Å². The maximum atomic E-state index is 12.4. The third-order valence-electron chi connectivity index (χ3n) is 4.45. The van der Waals surface area contributed by atoms with E-state index in [2.05, 4.69) is 15.5 Å². The average Bonchev–Trinajstić information content (AvgIpc) is 3.21. The summed E-state index contributed by atoms with van der Waals surface area (Å²) in [6, 6.07) is 12.8. The van der Waals surface area contributed by atoms with Gasteiger partial charge < -0.3 is 15.0 Å². The van der Waals surface area contributed by atoms with Crippen LogP contribution in [0.3, 0.4) is 0 Å². The molecule has 0 unspecified atom stereocenters. The highest BCUT2D eigenvalue weighted by atomic mass is 35.5. The molecule has 1 heterocycles. The molecule has 3 rings (SSSR count). The molecule has 0 aromatic heterocycles. The standard InChI is InChI=1S/C21H24ClN3O2S/c1-2-12-27-17-7-5-6-15(13-17)20(26)24-21(28)23-16-8-9-19(18(22)14-16)25-10-3-4-11-25/h5-9,13-14H,2-4,10-12H2,1H3,(H2,23,24,26,28). The molecule has 2 aromatic carbocycles. The van der Waals surface area contributed by atoms with Gasteiger partial charge in [0.15, 0.2) is 5.11 Å². The van der Waals surface area contributed by atoms with Crippen LogP contribution in [-0.2, 0) is 0 Å². The van der Waals surface area contributed by atoms with Crippen molar-refractivity contribution >= 4 is 46.2 Å². The maximum absolute atomic E-state index is 12.4. The quantitative estimate of drug-likeness (QED) is 0.657. The van der Waals surface area contributed by atoms with Crippen molar-refractivity contribution in [2.75, 3.05) is 29.9 Å². The van der Waals surface area contributed by atoms with Gasteiger partial charge in [0, 0.05) is 24.3 Å². The molecular formula is C21H24ClN3O2S. The van der Waals surface area contributed by atoms with Crippen molar-refractivity contribution < 1.29 is 9.53 Å². The Bertz CT molecular complexity index is 853. The molecule has 148 valence electrons. The molecule has 1 aliphatic rings. The van der Waals surface area contributed by atoms with Crippen molar-refractivity contribution in [3.8, 4) is 5.75 Å². The highest BCUT2D eigenvalue weighted by Crippen LogP contribution is 2.31. The summed E-state index contributed by atoms with van der Waals surface area (Å²) in [5, 5.41) is 6.59. The molecule has 5 nitrogen and oxygen atoms in total. The van der Waals surface area contributed by atoms with Gasteiger partial charge in [-0.1, -0.05) is 24.6 Å². The lowest BCUT2D eigenvalue weighted by molar-refractivity contribution is 0.0977. The lowest BCUT2D eigenvalue weighted by Crippen LogP contribution is -2.34. The molecule has 0 spiro atoms. The third-order valence-corrected chi connectivity index (χ3v) is 4.96. The van der Waals surface area contributed by atoms with Gasteiger partial charge in [0.25, 0.3) is 5.91 Å². The highest BCUT2D eigenvalue weighted by molar-refractivity contribution is 7.80. The molecule has 1 saturated heterocycles. The predicted octanol–water partition coefficient (Wildman–Crippen LogP) is 4.86. The Labute approximate surface area is 176 Å². The number of nitrogens with one attached hydrogen (secondary N) is 2. The summed E-state index contributed by atoms with van der Waals surface area (Å²) in [6.07, 6.45) is 3.29. The normalized spacial score (nSPS) is 13.3. The number of anilines is 2. The van der Waals surface area contributed by atoms with E-state index in [1.165, 1.54) is 12.8 Å². The minimum atomic E-state index is -0.292. The minimum absolute atomic E-state index is 0.217. The van der Waals surface area contributed by atoms with E-state index in [-0.39, 0.29) is 11.0 Å². The average molecular weight is 418 g/mol. The molecular weight excluding hydrogens is 394 g/mol. The first kappa shape index (κ1) is 20.4. The Balaban J connectivity index is 1.59. The Hall–Kier alpha value is -2.31. The van der Waals surface area contributed by atoms with Crippen molar-refractivity contribution in [1.82, 2.24) is 5.32 Å². The Morgan fingerprint density at radius 3 is 2.71 bits per heavy atom. The van der Waals surface area contributed by atoms with Crippen LogP contribution in [-0.4, -0.2) is 30.7 Å². The summed E-state index contributed by atoms with van der Waals surface area (Å²) in [6.45, 7) is 4.70. The number of carbonyl (C=O) groups excluding carboxylic acids is 1. The van der Waals surface area contributed by atoms with Crippen LogP contribution in [0.4, 0.5) is 11.4 Å². The molecule has 0 aliphatic carbocycles. The molecule has 2 aromatic rings. The number of ether oxygens (including phenoxy) is 1. The third kappa shape index (κ3) is 5.36. The van der Waals surface area contributed by atoms with Gasteiger partial charge in [-0.25, -0.2) is 0 Å². The monoisotopic (exact) mass is 417 g/mol. The van der Waals surface area contributed by atoms with E-state index in [4.69, 9.17) is 28.6 Å². The van der Waals surface area contributed by atoms with Gasteiger partial charge >= 0.3 is 0 Å². The molecule has 0 atom stereocenters. The van der Waals surface area contributed by atoms with Crippen LogP contribution < -0.4 is 20.3 Å². The van der Waals surface area contributed by atoms with Gasteiger partial charge in [-0.2, -0.15) is 0 Å². The summed E-state index contributed by atoms with van der Waals surface area (Å²) in [5.41, 5.74) is 2.25. The number of halogens is 1. The minimum Gasteiger partial charge on any atom is -0.494 e. The molecule has 1 aliphatic heterocycles. The number of benzene rings is 2. The van der Waals surface area contributed by atoms with Crippen molar-refractivity contribution in [2.45, 2.75) is 26.2 Å². The van der Waals surface area contributed by atoms with E-state index in [1.54, 1.807) is 18.2 Å². The number of nitrogens with zero attached hydrogens (tertiary/aromatic N) is 1. The molecule has 1 amide bonds. The Morgan fingerprint density at radius 2 is 2.00 bits per heavy atom. The van der Waals surface area contributed by atoms with E-state index in [9.17, 15) is 4.79 Å². The van der Waals surface area contributed by atoms with Gasteiger partial charge in [0.05, 0.1) is 17.3 Å². The second kappa shape index (κ2) is 9.75. The van der Waals surface area contributed by atoms with E-state index < -0.39 is 0 Å². The Kier molecular flexibility index (Phi) is 7.12. The van der Waals surface area contributed by atoms with Crippen LogP contribution in [0, 0.1) is 0 Å². The number of hydrogen-bond acceptors (Lipinski definition) is 4. The number of rotatable bonds is 6. The number of carbonyl (C=O) groups is 1. The summed E-state index contributed by atoms with van der Waals surface area (Å²) in [7, 11) is 0. The van der Waals surface area contributed by atoms with Crippen molar-refractivity contribution in [1.29, 1.82) is 0 Å². The number of hydrogen-bond donors (Lipinski definition) is 2. The van der Waals surface area contributed by atoms with Crippen LogP contribution in [0.15, 0.2) is 42.5 Å². The lowest BCUT2D eigenvalue weighted by atomic mass is 10.2. The number of thiocarbonyl (C=S) groups is 1. The first-order valence-corrected chi connectivity index (χ1v) is 10.2. The smallest absolute Gasteiger partial charge is 0.257 e. The maximum Gasteiger partial charge on any atom is 0.257 e. The number of amides is 1. The van der Waals surface area contributed by atoms with Crippen LogP contribution in [0.5, 0.6) is 5.75 Å². The fourth-order valence-electron chi connectivity index (χ4n) is 3.08. The zero-order valence-electron chi connectivity index (χ0n) is 15.8. The molecule has 0 saturated carbocycles. The SMILES string of the molecule is CCCOc1cccc(C(=O)NC(=S)Nc2ccc(N3CCCC3)c(Cl)c2)c1. The first-order chi connectivity index (χ1) is 13.6. The van der Waals surface area contributed by atoms with Crippen LogP contribution in [0.1, 0.15) is 36.5 Å². The largest absolute Gasteiger partial charge is 0.494 e. The summed E-state index contributed by atoms with van der Waals surface area (Å²) in [4.78, 5) is 14.7. The zero-order valence-corrected chi connectivity index (χ0v) is 17.4. The van der Waals surface area contributed by atoms with Crippen molar-refractivity contribution in [3.63, 3.8) is 0 Å². The van der Waals surface area contributed by atoms with E-state index >= 15 is 0 Å². The Morgan fingerprint density at radius 1 is 1.21 bits per heavy atom. The summed E-state index contributed by atoms with van der Waals surface area (Å²) in [5.74, 6) is 0.372. The van der Waals surface area contributed by atoms with E-state index in [0.717, 1.165) is 30.9 Å². The molecule has 1 fully saturated rings. The fraction of sp³-hybridized carbons (Fsp3) is 0.333. The van der Waals surface area contributed by atoms with Gasteiger partial charge in [-0.3, -0.25) is 10.1 Å². The van der Waals surface area contributed by atoms with Crippen LogP contribution >= 0.6 is 23.8 Å². The fourth-order valence-corrected chi connectivity index (χ4v) is 3.59. The predicted molar refractivity (Wildman–Crippen MR) is 119 cm³/mol.